The summed E-state index contributed by atoms with van der Waals surface area (Å²) in [5.74, 6) is -0.422. The van der Waals surface area contributed by atoms with Gasteiger partial charge in [0.05, 0.1) is 11.4 Å². The fourth-order valence-electron chi connectivity index (χ4n) is 2.65. The topological polar surface area (TPSA) is 81.8 Å². The smallest absolute Gasteiger partial charge is 0.295 e. The number of aromatic nitrogens is 4. The maximum atomic E-state index is 12.8. The summed E-state index contributed by atoms with van der Waals surface area (Å²) in [6, 6.07) is 9.27. The van der Waals surface area contributed by atoms with Crippen molar-refractivity contribution in [3.05, 3.63) is 69.7 Å². The minimum atomic E-state index is -0.422. The lowest BCUT2D eigenvalue weighted by Gasteiger charge is -2.07. The van der Waals surface area contributed by atoms with Crippen molar-refractivity contribution in [2.24, 2.45) is 7.05 Å². The number of aryl methyl sites for hydroxylation is 1. The van der Waals surface area contributed by atoms with E-state index in [2.05, 4.69) is 15.3 Å². The number of rotatable bonds is 3. The van der Waals surface area contributed by atoms with E-state index in [1.807, 2.05) is 37.3 Å². The van der Waals surface area contributed by atoms with E-state index in [-0.39, 0.29) is 16.9 Å². The Morgan fingerprint density at radius 2 is 1.76 bits per heavy atom. The lowest BCUT2D eigenvalue weighted by molar-refractivity contribution is 0.102. The molecule has 0 fully saturated rings. The molecule has 1 N–H and O–H groups in total. The summed E-state index contributed by atoms with van der Waals surface area (Å²) in [4.78, 5) is 33.5. The zero-order valence-corrected chi connectivity index (χ0v) is 14.6. The Balaban J connectivity index is 2.03. The summed E-state index contributed by atoms with van der Waals surface area (Å²) in [6.45, 7) is 5.38. The molecule has 128 valence electrons. The third-order valence-corrected chi connectivity index (χ3v) is 4.34. The molecule has 0 bridgehead atoms. The predicted molar refractivity (Wildman–Crippen MR) is 95.2 cm³/mol. The van der Waals surface area contributed by atoms with Crippen LogP contribution in [0.3, 0.4) is 0 Å². The van der Waals surface area contributed by atoms with E-state index >= 15 is 0 Å². The van der Waals surface area contributed by atoms with Crippen LogP contribution in [-0.4, -0.2) is 25.2 Å². The Kier molecular flexibility index (Phi) is 4.22. The number of carbonyl (C=O) groups is 1. The van der Waals surface area contributed by atoms with Crippen LogP contribution in [0.4, 0.5) is 5.69 Å². The number of hydrogen-bond acceptors (Lipinski definition) is 4. The zero-order chi connectivity index (χ0) is 18.1. The Morgan fingerprint density at radius 1 is 1.08 bits per heavy atom. The minimum absolute atomic E-state index is 0.243. The molecule has 1 aromatic carbocycles. The van der Waals surface area contributed by atoms with Gasteiger partial charge in [0.1, 0.15) is 17.7 Å². The second-order valence-electron chi connectivity index (χ2n) is 5.82. The molecule has 0 aliphatic heterocycles. The van der Waals surface area contributed by atoms with Crippen molar-refractivity contribution in [2.45, 2.75) is 20.8 Å². The number of amides is 1. The first-order valence-electron chi connectivity index (χ1n) is 7.85. The van der Waals surface area contributed by atoms with Gasteiger partial charge >= 0.3 is 0 Å². The molecule has 7 heteroatoms. The molecule has 7 nitrogen and oxygen atoms in total. The van der Waals surface area contributed by atoms with E-state index in [1.165, 1.54) is 11.0 Å². The highest BCUT2D eigenvalue weighted by atomic mass is 16.2. The van der Waals surface area contributed by atoms with Crippen molar-refractivity contribution in [2.75, 3.05) is 5.32 Å². The Hall–Kier alpha value is -3.22. The summed E-state index contributed by atoms with van der Waals surface area (Å²) >= 11 is 0. The highest BCUT2D eigenvalue weighted by Crippen LogP contribution is 2.16. The van der Waals surface area contributed by atoms with Crippen LogP contribution >= 0.6 is 0 Å². The lowest BCUT2D eigenvalue weighted by atomic mass is 10.2. The highest BCUT2D eigenvalue weighted by Gasteiger charge is 2.20. The standard InChI is InChI=1S/C18H19N5O2/c1-11-12(2)19-10-20-15(11)17(24)21-16-13(3)22(4)23(18(16)25)14-8-6-5-7-9-14/h5-10H,1-4H3,(H,21,24). The molecular weight excluding hydrogens is 318 g/mol. The van der Waals surface area contributed by atoms with Gasteiger partial charge in [0.15, 0.2) is 0 Å². The van der Waals surface area contributed by atoms with Crippen molar-refractivity contribution in [3.63, 3.8) is 0 Å². The molecule has 3 rings (SSSR count). The van der Waals surface area contributed by atoms with E-state index in [9.17, 15) is 9.59 Å². The fourth-order valence-corrected chi connectivity index (χ4v) is 2.65. The van der Waals surface area contributed by atoms with Crippen LogP contribution in [0.15, 0.2) is 41.5 Å². The van der Waals surface area contributed by atoms with E-state index in [0.717, 1.165) is 11.4 Å². The summed E-state index contributed by atoms with van der Waals surface area (Å²) in [5, 5.41) is 2.71. The van der Waals surface area contributed by atoms with E-state index < -0.39 is 5.91 Å². The van der Waals surface area contributed by atoms with Gasteiger partial charge in [-0.15, -0.1) is 0 Å². The largest absolute Gasteiger partial charge is 0.314 e. The molecule has 0 aliphatic rings. The first kappa shape index (κ1) is 16.6. The van der Waals surface area contributed by atoms with E-state index in [0.29, 0.717) is 11.3 Å². The van der Waals surface area contributed by atoms with Crippen molar-refractivity contribution in [1.29, 1.82) is 0 Å². The molecule has 3 aromatic rings. The van der Waals surface area contributed by atoms with Gasteiger partial charge in [-0.1, -0.05) is 18.2 Å². The van der Waals surface area contributed by atoms with Crippen LogP contribution in [0.25, 0.3) is 5.69 Å². The van der Waals surface area contributed by atoms with Gasteiger partial charge in [0, 0.05) is 18.3 Å². The minimum Gasteiger partial charge on any atom is -0.314 e. The van der Waals surface area contributed by atoms with Crippen LogP contribution in [0, 0.1) is 20.8 Å². The molecule has 0 saturated heterocycles. The molecule has 2 aromatic heterocycles. The number of hydrogen-bond donors (Lipinski definition) is 1. The maximum absolute atomic E-state index is 12.8. The van der Waals surface area contributed by atoms with Gasteiger partial charge in [0.2, 0.25) is 0 Å². The third-order valence-electron chi connectivity index (χ3n) is 4.34. The van der Waals surface area contributed by atoms with Crippen LogP contribution in [-0.2, 0) is 7.05 Å². The van der Waals surface area contributed by atoms with Crippen molar-refractivity contribution in [1.82, 2.24) is 19.3 Å². The van der Waals surface area contributed by atoms with Crippen molar-refractivity contribution < 1.29 is 4.79 Å². The molecule has 0 radical (unpaired) electrons. The first-order valence-corrected chi connectivity index (χ1v) is 7.85. The maximum Gasteiger partial charge on any atom is 0.295 e. The summed E-state index contributed by atoms with van der Waals surface area (Å²) in [7, 11) is 1.78. The van der Waals surface area contributed by atoms with Gasteiger partial charge < -0.3 is 5.32 Å². The summed E-state index contributed by atoms with van der Waals surface area (Å²) in [5.41, 5.74) is 3.03. The number of nitrogens with one attached hydrogen (secondary N) is 1. The lowest BCUT2D eigenvalue weighted by Crippen LogP contribution is -2.24. The number of benzene rings is 1. The molecule has 2 heterocycles. The second kappa shape index (κ2) is 6.35. The number of para-hydroxylation sites is 1. The number of anilines is 1. The number of nitrogens with zero attached hydrogens (tertiary/aromatic N) is 4. The Labute approximate surface area is 144 Å². The number of carbonyl (C=O) groups excluding carboxylic acids is 1. The van der Waals surface area contributed by atoms with E-state index in [4.69, 9.17) is 0 Å². The van der Waals surface area contributed by atoms with Crippen LogP contribution in [0.2, 0.25) is 0 Å². The van der Waals surface area contributed by atoms with Crippen molar-refractivity contribution >= 4 is 11.6 Å². The van der Waals surface area contributed by atoms with E-state index in [1.54, 1.807) is 25.6 Å². The molecule has 25 heavy (non-hydrogen) atoms. The SMILES string of the molecule is Cc1ncnc(C(=O)Nc2c(C)n(C)n(-c3ccccc3)c2=O)c1C. The molecule has 0 unspecified atom stereocenters. The molecular formula is C18H19N5O2. The summed E-state index contributed by atoms with van der Waals surface area (Å²) < 4.78 is 3.23. The van der Waals surface area contributed by atoms with Gasteiger partial charge in [0.25, 0.3) is 11.5 Å². The van der Waals surface area contributed by atoms with Crippen molar-refractivity contribution in [3.8, 4) is 5.69 Å². The molecule has 1 amide bonds. The average molecular weight is 337 g/mol. The van der Waals surface area contributed by atoms with Crippen LogP contribution in [0.1, 0.15) is 27.4 Å². The fraction of sp³-hybridized carbons (Fsp3) is 0.222. The molecule has 0 atom stereocenters. The normalized spacial score (nSPS) is 10.7. The molecule has 0 aliphatic carbocycles. The molecule has 0 spiro atoms. The van der Waals surface area contributed by atoms with Gasteiger partial charge in [-0.2, -0.15) is 0 Å². The van der Waals surface area contributed by atoms with Gasteiger partial charge in [-0.3, -0.25) is 14.3 Å². The Morgan fingerprint density at radius 3 is 2.44 bits per heavy atom. The zero-order valence-electron chi connectivity index (χ0n) is 14.6. The summed E-state index contributed by atoms with van der Waals surface area (Å²) in [6.07, 6.45) is 1.34. The van der Waals surface area contributed by atoms with Crippen LogP contribution in [0.5, 0.6) is 0 Å². The Bertz CT molecular complexity index is 1000. The molecule has 0 saturated carbocycles. The first-order chi connectivity index (χ1) is 11.9. The average Bonchev–Trinajstić information content (AvgIpc) is 2.81. The highest BCUT2D eigenvalue weighted by molar-refractivity contribution is 6.04. The predicted octanol–water partition coefficient (Wildman–Crippen LogP) is 2.14. The quantitative estimate of drug-likeness (QED) is 0.794. The monoisotopic (exact) mass is 337 g/mol. The van der Waals surface area contributed by atoms with Crippen LogP contribution < -0.4 is 10.9 Å². The van der Waals surface area contributed by atoms with Gasteiger partial charge in [-0.05, 0) is 32.9 Å². The third kappa shape index (κ3) is 2.84. The second-order valence-corrected chi connectivity index (χ2v) is 5.82. The van der Waals surface area contributed by atoms with Gasteiger partial charge in [-0.25, -0.2) is 14.6 Å².